The molecule has 0 spiro atoms. The number of hydrogen-bond acceptors (Lipinski definition) is 3. The zero-order valence-electron chi connectivity index (χ0n) is 15.1. The number of allylic oxidation sites excluding steroid dienone is 3. The van der Waals surface area contributed by atoms with Gasteiger partial charge in [0, 0.05) is 17.7 Å². The van der Waals surface area contributed by atoms with Crippen LogP contribution in [0.4, 0.5) is 0 Å². The van der Waals surface area contributed by atoms with E-state index in [4.69, 9.17) is 4.74 Å². The van der Waals surface area contributed by atoms with Crippen molar-refractivity contribution in [3.05, 3.63) is 35.1 Å². The summed E-state index contributed by atoms with van der Waals surface area (Å²) < 4.78 is 6.33. The van der Waals surface area contributed by atoms with Gasteiger partial charge in [0.15, 0.2) is 0 Å². The van der Waals surface area contributed by atoms with E-state index in [2.05, 4.69) is 33.8 Å². The van der Waals surface area contributed by atoms with Crippen LogP contribution in [0.2, 0.25) is 0 Å². The molecule has 0 aromatic rings. The molecule has 0 bridgehead atoms. The van der Waals surface area contributed by atoms with E-state index in [0.717, 1.165) is 18.4 Å². The third-order valence-electron chi connectivity index (χ3n) is 7.04. The van der Waals surface area contributed by atoms with E-state index in [1.807, 2.05) is 0 Å². The summed E-state index contributed by atoms with van der Waals surface area (Å²) in [4.78, 5) is 23.5. The standard InChI is InChI=1S/C21H26O3/c1-19(2)7-5-8-20(3)17(19)6-9-21(4)18(20)11-13-10-14(22)15(23)12-16(13)24-21/h10-12,17H,5-9H2,1-4H3/t17-,20-,21+/m0/s1. The molecular weight excluding hydrogens is 300 g/mol. The van der Waals surface area contributed by atoms with Crippen LogP contribution in [-0.2, 0) is 14.3 Å². The Morgan fingerprint density at radius 2 is 1.67 bits per heavy atom. The van der Waals surface area contributed by atoms with E-state index in [0.29, 0.717) is 17.1 Å². The summed E-state index contributed by atoms with van der Waals surface area (Å²) in [5.74, 6) is 0.281. The highest BCUT2D eigenvalue weighted by Crippen LogP contribution is 2.64. The Bertz CT molecular complexity index is 736. The van der Waals surface area contributed by atoms with Gasteiger partial charge in [-0.05, 0) is 61.0 Å². The molecule has 2 fully saturated rings. The van der Waals surface area contributed by atoms with Crippen molar-refractivity contribution in [1.82, 2.24) is 0 Å². The average molecular weight is 326 g/mol. The smallest absolute Gasteiger partial charge is 0.229 e. The van der Waals surface area contributed by atoms with Gasteiger partial charge >= 0.3 is 0 Å². The first kappa shape index (κ1) is 15.9. The Labute approximate surface area is 143 Å². The van der Waals surface area contributed by atoms with Gasteiger partial charge < -0.3 is 4.74 Å². The fourth-order valence-corrected chi connectivity index (χ4v) is 5.89. The Hall–Kier alpha value is -1.64. The van der Waals surface area contributed by atoms with Crippen LogP contribution < -0.4 is 0 Å². The lowest BCUT2D eigenvalue weighted by molar-refractivity contribution is -0.131. The second-order valence-corrected chi connectivity index (χ2v) is 9.08. The van der Waals surface area contributed by atoms with Gasteiger partial charge in [0.1, 0.15) is 11.4 Å². The molecule has 4 aliphatic rings. The van der Waals surface area contributed by atoms with Crippen LogP contribution in [0.1, 0.15) is 59.8 Å². The van der Waals surface area contributed by atoms with Crippen LogP contribution in [-0.4, -0.2) is 17.2 Å². The second kappa shape index (κ2) is 4.71. The lowest BCUT2D eigenvalue weighted by Crippen LogP contribution is -2.54. The molecular formula is C21H26O3. The van der Waals surface area contributed by atoms with E-state index in [1.54, 1.807) is 0 Å². The van der Waals surface area contributed by atoms with E-state index >= 15 is 0 Å². The minimum absolute atomic E-state index is 0.103. The van der Waals surface area contributed by atoms with Crippen molar-refractivity contribution in [2.75, 3.05) is 0 Å². The predicted octanol–water partition coefficient (Wildman–Crippen LogP) is 4.29. The van der Waals surface area contributed by atoms with Gasteiger partial charge in [-0.25, -0.2) is 0 Å². The van der Waals surface area contributed by atoms with E-state index in [9.17, 15) is 9.59 Å². The number of ketones is 2. The molecule has 2 saturated carbocycles. The maximum atomic E-state index is 11.8. The predicted molar refractivity (Wildman–Crippen MR) is 92.2 cm³/mol. The molecule has 3 aliphatic carbocycles. The molecule has 24 heavy (non-hydrogen) atoms. The van der Waals surface area contributed by atoms with Crippen LogP contribution in [0.25, 0.3) is 0 Å². The highest BCUT2D eigenvalue weighted by atomic mass is 16.5. The monoisotopic (exact) mass is 326 g/mol. The summed E-state index contributed by atoms with van der Waals surface area (Å²) in [6, 6.07) is 0. The van der Waals surface area contributed by atoms with Gasteiger partial charge in [0.2, 0.25) is 11.6 Å². The average Bonchev–Trinajstić information content (AvgIpc) is 2.46. The number of rotatable bonds is 0. The van der Waals surface area contributed by atoms with Crippen LogP contribution in [0.3, 0.4) is 0 Å². The molecule has 3 atom stereocenters. The number of carbonyl (C=O) groups excluding carboxylic acids is 2. The third-order valence-corrected chi connectivity index (χ3v) is 7.04. The van der Waals surface area contributed by atoms with Crippen LogP contribution >= 0.6 is 0 Å². The van der Waals surface area contributed by atoms with E-state index in [-0.39, 0.29) is 11.0 Å². The van der Waals surface area contributed by atoms with Crippen molar-refractivity contribution in [2.45, 2.75) is 65.4 Å². The van der Waals surface area contributed by atoms with Crippen LogP contribution in [0.5, 0.6) is 0 Å². The highest BCUT2D eigenvalue weighted by Gasteiger charge is 2.57. The summed E-state index contributed by atoms with van der Waals surface area (Å²) in [5, 5.41) is 0. The number of hydrogen-bond donors (Lipinski definition) is 0. The van der Waals surface area contributed by atoms with E-state index < -0.39 is 11.6 Å². The fraction of sp³-hybridized carbons (Fsp3) is 0.619. The lowest BCUT2D eigenvalue weighted by Gasteiger charge is -2.60. The molecule has 0 N–H and O–H groups in total. The Kier molecular flexibility index (Phi) is 3.11. The van der Waals surface area contributed by atoms with Crippen LogP contribution in [0.15, 0.2) is 35.1 Å². The second-order valence-electron chi connectivity index (χ2n) is 9.08. The van der Waals surface area contributed by atoms with Crippen molar-refractivity contribution in [3.63, 3.8) is 0 Å². The van der Waals surface area contributed by atoms with Gasteiger partial charge in [-0.1, -0.05) is 27.2 Å². The summed E-state index contributed by atoms with van der Waals surface area (Å²) >= 11 is 0. The summed E-state index contributed by atoms with van der Waals surface area (Å²) in [6.07, 6.45) is 10.8. The molecule has 0 amide bonds. The maximum Gasteiger partial charge on any atom is 0.229 e. The van der Waals surface area contributed by atoms with Crippen molar-refractivity contribution < 1.29 is 14.3 Å². The van der Waals surface area contributed by atoms with Crippen molar-refractivity contribution in [3.8, 4) is 0 Å². The van der Waals surface area contributed by atoms with Gasteiger partial charge in [-0.3, -0.25) is 9.59 Å². The largest absolute Gasteiger partial charge is 0.482 e. The lowest BCUT2D eigenvalue weighted by atomic mass is 9.47. The summed E-state index contributed by atoms with van der Waals surface area (Å²) in [5.41, 5.74) is 2.17. The van der Waals surface area contributed by atoms with Gasteiger partial charge in [0.25, 0.3) is 0 Å². The zero-order chi connectivity index (χ0) is 17.3. The van der Waals surface area contributed by atoms with Crippen molar-refractivity contribution >= 4 is 11.6 Å². The van der Waals surface area contributed by atoms with Crippen molar-refractivity contribution in [2.24, 2.45) is 16.7 Å². The third kappa shape index (κ3) is 2.03. The molecule has 3 nitrogen and oxygen atoms in total. The number of fused-ring (bicyclic) bond motifs is 4. The molecule has 0 radical (unpaired) electrons. The first-order chi connectivity index (χ1) is 11.2. The maximum absolute atomic E-state index is 11.8. The van der Waals surface area contributed by atoms with Gasteiger partial charge in [0.05, 0.1) is 0 Å². The van der Waals surface area contributed by atoms with Gasteiger partial charge in [-0.2, -0.15) is 0 Å². The topological polar surface area (TPSA) is 43.4 Å². The first-order valence-corrected chi connectivity index (χ1v) is 9.09. The number of carbonyl (C=O) groups is 2. The molecule has 4 rings (SSSR count). The molecule has 1 heterocycles. The molecule has 0 aromatic heterocycles. The summed E-state index contributed by atoms with van der Waals surface area (Å²) in [7, 11) is 0. The van der Waals surface area contributed by atoms with Crippen molar-refractivity contribution in [1.29, 1.82) is 0 Å². The molecule has 0 aromatic carbocycles. The summed E-state index contributed by atoms with van der Waals surface area (Å²) in [6.45, 7) is 9.33. The van der Waals surface area contributed by atoms with E-state index in [1.165, 1.54) is 37.0 Å². The van der Waals surface area contributed by atoms with Crippen LogP contribution in [0, 0.1) is 16.7 Å². The Morgan fingerprint density at radius 3 is 2.42 bits per heavy atom. The first-order valence-electron chi connectivity index (χ1n) is 9.09. The molecule has 3 heteroatoms. The quantitative estimate of drug-likeness (QED) is 0.493. The zero-order valence-corrected chi connectivity index (χ0v) is 15.1. The molecule has 0 saturated heterocycles. The molecule has 0 unspecified atom stereocenters. The van der Waals surface area contributed by atoms with Gasteiger partial charge in [-0.15, -0.1) is 0 Å². The Morgan fingerprint density at radius 1 is 0.958 bits per heavy atom. The minimum atomic E-state index is -0.479. The minimum Gasteiger partial charge on any atom is -0.482 e. The highest BCUT2D eigenvalue weighted by molar-refractivity contribution is 6.46. The molecule has 128 valence electrons. The molecule has 1 aliphatic heterocycles. The SMILES string of the molecule is CC1(C)CCC[C@]2(C)C3=CC4=CC(=O)C(=O)C=C4O[C@]3(C)CC[C@@H]12. The fourth-order valence-electron chi connectivity index (χ4n) is 5.89. The normalized spacial score (nSPS) is 40.3. The number of ether oxygens (including phenoxy) is 1. The Balaban J connectivity index is 1.85.